The molecule has 3 aliphatic heterocycles. The second kappa shape index (κ2) is 6.59. The minimum atomic E-state index is -3.39. The Hall–Kier alpha value is -2.86. The van der Waals surface area contributed by atoms with Gasteiger partial charge in [0.15, 0.2) is 21.3 Å². The fourth-order valence-corrected chi connectivity index (χ4v) is 5.64. The van der Waals surface area contributed by atoms with Crippen LogP contribution in [0.1, 0.15) is 0 Å². The highest BCUT2D eigenvalue weighted by Gasteiger charge is 2.54. The van der Waals surface area contributed by atoms with Crippen molar-refractivity contribution < 1.29 is 27.4 Å². The SMILES string of the molecule is O=C(Nc1ccc2c(c1)OCO2)N1CC2(C1)CS(=O)(=O)[C@@H](Cn1cncn1)CO2. The molecule has 1 aromatic heterocycles. The van der Waals surface area contributed by atoms with Gasteiger partial charge in [0, 0.05) is 11.8 Å². The first-order valence-electron chi connectivity index (χ1n) is 9.06. The van der Waals surface area contributed by atoms with Gasteiger partial charge in [-0.15, -0.1) is 0 Å². The van der Waals surface area contributed by atoms with Crippen molar-refractivity contribution in [3.05, 3.63) is 30.9 Å². The number of sulfone groups is 1. The summed E-state index contributed by atoms with van der Waals surface area (Å²) >= 11 is 0. The number of benzene rings is 1. The summed E-state index contributed by atoms with van der Waals surface area (Å²) in [6, 6.07) is 4.81. The van der Waals surface area contributed by atoms with E-state index in [2.05, 4.69) is 15.4 Å². The molecule has 1 N–H and O–H groups in total. The maximum atomic E-state index is 12.7. The molecule has 0 radical (unpaired) electrons. The molecular formula is C17H19N5O6S. The molecule has 2 saturated heterocycles. The van der Waals surface area contributed by atoms with Crippen LogP contribution in [0.5, 0.6) is 11.5 Å². The number of urea groups is 1. The van der Waals surface area contributed by atoms with Gasteiger partial charge in [-0.05, 0) is 12.1 Å². The third-order valence-corrected chi connectivity index (χ3v) is 7.50. The first-order chi connectivity index (χ1) is 13.9. The fourth-order valence-electron chi connectivity index (χ4n) is 3.75. The first-order valence-corrected chi connectivity index (χ1v) is 10.8. The predicted molar refractivity (Wildman–Crippen MR) is 99.4 cm³/mol. The molecule has 5 rings (SSSR count). The van der Waals surface area contributed by atoms with E-state index in [4.69, 9.17) is 14.2 Å². The van der Waals surface area contributed by atoms with Crippen LogP contribution in [0.3, 0.4) is 0 Å². The predicted octanol–water partition coefficient (Wildman–Crippen LogP) is 0.107. The molecule has 2 amide bonds. The smallest absolute Gasteiger partial charge is 0.322 e. The van der Waals surface area contributed by atoms with Crippen LogP contribution < -0.4 is 14.8 Å². The number of nitrogens with zero attached hydrogens (tertiary/aromatic N) is 4. The van der Waals surface area contributed by atoms with Crippen LogP contribution >= 0.6 is 0 Å². The molecule has 1 aromatic carbocycles. The summed E-state index contributed by atoms with van der Waals surface area (Å²) in [4.78, 5) is 17.8. The maximum Gasteiger partial charge on any atom is 0.322 e. The van der Waals surface area contributed by atoms with Crippen molar-refractivity contribution in [3.63, 3.8) is 0 Å². The van der Waals surface area contributed by atoms with Crippen LogP contribution in [-0.4, -0.2) is 77.2 Å². The van der Waals surface area contributed by atoms with Crippen molar-refractivity contribution in [1.82, 2.24) is 19.7 Å². The number of fused-ring (bicyclic) bond motifs is 1. The minimum Gasteiger partial charge on any atom is -0.454 e. The molecule has 0 bridgehead atoms. The summed E-state index contributed by atoms with van der Waals surface area (Å²) in [7, 11) is -3.39. The molecule has 2 aromatic rings. The normalized spacial score (nSPS) is 23.6. The summed E-state index contributed by atoms with van der Waals surface area (Å²) in [5, 5.41) is 6.06. The van der Waals surface area contributed by atoms with E-state index in [-0.39, 0.29) is 44.8 Å². The van der Waals surface area contributed by atoms with E-state index in [9.17, 15) is 13.2 Å². The molecule has 0 aliphatic carbocycles. The Bertz CT molecular complexity index is 1030. The maximum absolute atomic E-state index is 12.7. The van der Waals surface area contributed by atoms with E-state index in [0.717, 1.165) is 0 Å². The van der Waals surface area contributed by atoms with Gasteiger partial charge >= 0.3 is 6.03 Å². The lowest BCUT2D eigenvalue weighted by Crippen LogP contribution is -2.71. The number of carbonyl (C=O) groups is 1. The quantitative estimate of drug-likeness (QED) is 0.740. The molecule has 1 atom stereocenters. The largest absolute Gasteiger partial charge is 0.454 e. The molecular weight excluding hydrogens is 402 g/mol. The Labute approximate surface area is 166 Å². The molecule has 4 heterocycles. The summed E-state index contributed by atoms with van der Waals surface area (Å²) in [5.41, 5.74) is -0.269. The van der Waals surface area contributed by atoms with Crippen molar-refractivity contribution in [2.75, 3.05) is 37.6 Å². The lowest BCUT2D eigenvalue weighted by atomic mass is 9.96. The molecule has 0 unspecified atom stereocenters. The van der Waals surface area contributed by atoms with Crippen LogP contribution in [0.2, 0.25) is 0 Å². The van der Waals surface area contributed by atoms with E-state index in [1.54, 1.807) is 18.2 Å². The Balaban J connectivity index is 1.18. The summed E-state index contributed by atoms with van der Waals surface area (Å²) < 4.78 is 43.3. The van der Waals surface area contributed by atoms with E-state index in [1.807, 2.05) is 0 Å². The number of aromatic nitrogens is 3. The monoisotopic (exact) mass is 421 g/mol. The minimum absolute atomic E-state index is 0.0693. The lowest BCUT2D eigenvalue weighted by molar-refractivity contribution is -0.117. The summed E-state index contributed by atoms with van der Waals surface area (Å²) in [6.45, 7) is 0.870. The Morgan fingerprint density at radius 2 is 2.10 bits per heavy atom. The van der Waals surface area contributed by atoms with Gasteiger partial charge in [-0.1, -0.05) is 0 Å². The number of ether oxygens (including phenoxy) is 3. The number of likely N-dealkylation sites (tertiary alicyclic amines) is 1. The molecule has 2 fully saturated rings. The number of anilines is 1. The van der Waals surface area contributed by atoms with Gasteiger partial charge in [0.05, 0.1) is 32.0 Å². The third-order valence-electron chi connectivity index (χ3n) is 5.27. The third kappa shape index (κ3) is 3.38. The number of amides is 2. The van der Waals surface area contributed by atoms with Gasteiger partial charge in [0.1, 0.15) is 23.5 Å². The Morgan fingerprint density at radius 1 is 1.28 bits per heavy atom. The van der Waals surface area contributed by atoms with Gasteiger partial charge in [-0.25, -0.2) is 18.2 Å². The number of hydrogen-bond donors (Lipinski definition) is 1. The fraction of sp³-hybridized carbons (Fsp3) is 0.471. The van der Waals surface area contributed by atoms with Gasteiger partial charge in [-0.2, -0.15) is 5.10 Å². The molecule has 154 valence electrons. The average molecular weight is 421 g/mol. The van der Waals surface area contributed by atoms with E-state index in [1.165, 1.54) is 22.2 Å². The highest BCUT2D eigenvalue weighted by Crippen LogP contribution is 2.36. The van der Waals surface area contributed by atoms with Gasteiger partial charge in [0.25, 0.3) is 0 Å². The molecule has 3 aliphatic rings. The zero-order chi connectivity index (χ0) is 20.1. The van der Waals surface area contributed by atoms with E-state index >= 15 is 0 Å². The molecule has 11 nitrogen and oxygen atoms in total. The van der Waals surface area contributed by atoms with Crippen LogP contribution in [-0.2, 0) is 21.1 Å². The van der Waals surface area contributed by atoms with Gasteiger partial charge in [0.2, 0.25) is 6.79 Å². The summed E-state index contributed by atoms with van der Waals surface area (Å²) in [6.07, 6.45) is 2.84. The van der Waals surface area contributed by atoms with Crippen LogP contribution in [0, 0.1) is 0 Å². The van der Waals surface area contributed by atoms with Crippen molar-refractivity contribution in [1.29, 1.82) is 0 Å². The number of carbonyl (C=O) groups excluding carboxylic acids is 1. The van der Waals surface area contributed by atoms with Crippen LogP contribution in [0.4, 0.5) is 10.5 Å². The second-order valence-electron chi connectivity index (χ2n) is 7.39. The van der Waals surface area contributed by atoms with Crippen molar-refractivity contribution in [2.45, 2.75) is 17.4 Å². The second-order valence-corrected chi connectivity index (χ2v) is 9.68. The molecule has 29 heavy (non-hydrogen) atoms. The zero-order valence-corrected chi connectivity index (χ0v) is 16.2. The van der Waals surface area contributed by atoms with Crippen molar-refractivity contribution in [2.24, 2.45) is 0 Å². The number of nitrogens with one attached hydrogen (secondary N) is 1. The van der Waals surface area contributed by atoms with Crippen LogP contribution in [0.25, 0.3) is 0 Å². The molecule has 0 saturated carbocycles. The molecule has 1 spiro atoms. The Kier molecular flexibility index (Phi) is 4.13. The Morgan fingerprint density at radius 3 is 2.86 bits per heavy atom. The van der Waals surface area contributed by atoms with Gasteiger partial charge in [-0.3, -0.25) is 4.68 Å². The highest BCUT2D eigenvalue weighted by atomic mass is 32.2. The number of hydrogen-bond acceptors (Lipinski definition) is 8. The summed E-state index contributed by atoms with van der Waals surface area (Å²) in [5.74, 6) is 1.09. The average Bonchev–Trinajstić information content (AvgIpc) is 3.32. The number of rotatable bonds is 3. The van der Waals surface area contributed by atoms with Crippen molar-refractivity contribution >= 4 is 21.6 Å². The lowest BCUT2D eigenvalue weighted by Gasteiger charge is -2.51. The standard InChI is InChI=1S/C17H19N5O6S/c23-16(20-12-1-2-14-15(3-12)27-11-26-14)21-6-17(7-21)8-29(24,25)13(5-28-17)4-22-10-18-9-19-22/h1-3,9-10,13H,4-8,11H2,(H,20,23)/t13-/m0/s1. The zero-order valence-electron chi connectivity index (χ0n) is 15.4. The van der Waals surface area contributed by atoms with Crippen LogP contribution in [0.15, 0.2) is 30.9 Å². The first kappa shape index (κ1) is 18.2. The van der Waals surface area contributed by atoms with Crippen molar-refractivity contribution in [3.8, 4) is 11.5 Å². The highest BCUT2D eigenvalue weighted by molar-refractivity contribution is 7.92. The topological polar surface area (TPSA) is 125 Å². The molecule has 12 heteroatoms. The van der Waals surface area contributed by atoms with Gasteiger partial charge < -0.3 is 24.4 Å². The van der Waals surface area contributed by atoms with E-state index in [0.29, 0.717) is 17.2 Å². The van der Waals surface area contributed by atoms with E-state index < -0.39 is 20.7 Å².